The Morgan fingerprint density at radius 3 is 2.10 bits per heavy atom. The summed E-state index contributed by atoms with van der Waals surface area (Å²) in [5, 5.41) is 4.81. The predicted octanol–water partition coefficient (Wildman–Crippen LogP) is 1.80. The van der Waals surface area contributed by atoms with Crippen molar-refractivity contribution < 1.29 is 48.1 Å². The fourth-order valence-electron chi connectivity index (χ4n) is 2.96. The second-order valence-electron chi connectivity index (χ2n) is 7.11. The third-order valence-corrected chi connectivity index (χ3v) is 5.61. The van der Waals surface area contributed by atoms with Gasteiger partial charge in [-0.15, -0.1) is 53.6 Å². The van der Waals surface area contributed by atoms with E-state index in [2.05, 4.69) is 101 Å². The monoisotopic (exact) mass is 536 g/mol. The molecule has 1 heterocycles. The third kappa shape index (κ3) is 8.38. The minimum Gasteiger partial charge on any atom is -1.00 e. The van der Waals surface area contributed by atoms with Gasteiger partial charge in [-0.2, -0.15) is 22.5 Å². The summed E-state index contributed by atoms with van der Waals surface area (Å²) in [6.45, 7) is 13.3. The molecule has 3 aromatic rings. The summed E-state index contributed by atoms with van der Waals surface area (Å²) in [6, 6.07) is 17.2. The van der Waals surface area contributed by atoms with E-state index in [1.54, 1.807) is 34.7 Å². The van der Waals surface area contributed by atoms with E-state index in [1.165, 1.54) is 37.9 Å². The second-order valence-corrected chi connectivity index (χ2v) is 17.4. The van der Waals surface area contributed by atoms with Crippen molar-refractivity contribution in [2.75, 3.05) is 0 Å². The smallest absolute Gasteiger partial charge is 0.00957 e. The van der Waals surface area contributed by atoms with Crippen LogP contribution in [-0.4, -0.2) is 5.43 Å². The van der Waals surface area contributed by atoms with Crippen LogP contribution in [0.1, 0.15) is 27.7 Å². The first-order valence-corrected chi connectivity index (χ1v) is 16.4. The van der Waals surface area contributed by atoms with Gasteiger partial charge in [-0.25, -0.2) is 5.57 Å². The molecule has 154 valence electrons. The molecular formula is C24H28Cl2SSiZr-2. The number of allylic oxidation sites excluding steroid dienone is 4. The summed E-state index contributed by atoms with van der Waals surface area (Å²) in [6.07, 6.45) is 3.36. The zero-order chi connectivity index (χ0) is 20.0. The number of rotatable bonds is 1. The fourth-order valence-corrected chi connectivity index (χ4v) is 3.72. The number of benzene rings is 1. The molecule has 2 aromatic carbocycles. The van der Waals surface area contributed by atoms with Crippen molar-refractivity contribution in [3.63, 3.8) is 0 Å². The molecule has 0 aliphatic heterocycles. The van der Waals surface area contributed by atoms with Crippen molar-refractivity contribution in [2.45, 2.75) is 40.8 Å². The molecule has 1 unspecified atom stereocenters. The second kappa shape index (κ2) is 13.9. The van der Waals surface area contributed by atoms with Crippen LogP contribution in [-0.2, 0) is 23.3 Å². The number of thiophene rings is 1. The average molecular weight is 539 g/mol. The normalized spacial score (nSPS) is 14.6. The molecule has 1 aromatic heterocycles. The van der Waals surface area contributed by atoms with Crippen LogP contribution in [0.2, 0.25) is 13.1 Å². The van der Waals surface area contributed by atoms with Gasteiger partial charge in [-0.1, -0.05) is 44.9 Å². The predicted molar refractivity (Wildman–Crippen MR) is 120 cm³/mol. The third-order valence-electron chi connectivity index (χ3n) is 4.70. The quantitative estimate of drug-likeness (QED) is 0.328. The van der Waals surface area contributed by atoms with Crippen LogP contribution >= 0.6 is 11.3 Å². The number of hydrogen-bond acceptors (Lipinski definition) is 1. The van der Waals surface area contributed by atoms with Crippen molar-refractivity contribution in [2.24, 2.45) is 5.92 Å². The Morgan fingerprint density at radius 2 is 1.66 bits per heavy atom. The molecule has 0 bridgehead atoms. The molecule has 1 aliphatic carbocycles. The summed E-state index contributed by atoms with van der Waals surface area (Å²) in [5.74, 6) is 0.560. The van der Waals surface area contributed by atoms with E-state index in [4.69, 9.17) is 0 Å². The largest absolute Gasteiger partial charge is 1.00 e. The van der Waals surface area contributed by atoms with Gasteiger partial charge >= 0.3 is 41.9 Å². The topological polar surface area (TPSA) is 0 Å². The van der Waals surface area contributed by atoms with Crippen LogP contribution in [0, 0.1) is 12.0 Å². The van der Waals surface area contributed by atoms with Gasteiger partial charge < -0.3 is 24.8 Å². The van der Waals surface area contributed by atoms with Crippen molar-refractivity contribution in [1.29, 1.82) is 0 Å². The zero-order valence-electron chi connectivity index (χ0n) is 17.9. The summed E-state index contributed by atoms with van der Waals surface area (Å²) < 4.78 is 0. The Labute approximate surface area is 208 Å². The van der Waals surface area contributed by atoms with Crippen molar-refractivity contribution >= 4 is 27.5 Å². The molecule has 4 rings (SSSR count). The first kappa shape index (κ1) is 28.7. The molecule has 5 heteroatoms. The van der Waals surface area contributed by atoms with Gasteiger partial charge in [0.25, 0.3) is 0 Å². The molecule has 0 saturated carbocycles. The van der Waals surface area contributed by atoms with Gasteiger partial charge in [-0.05, 0) is 10.3 Å². The van der Waals surface area contributed by atoms with E-state index >= 15 is 0 Å². The summed E-state index contributed by atoms with van der Waals surface area (Å²) in [4.78, 5) is 1.35. The molecule has 29 heavy (non-hydrogen) atoms. The van der Waals surface area contributed by atoms with Gasteiger partial charge in [0.05, 0.1) is 0 Å². The molecular weight excluding hydrogens is 511 g/mol. The van der Waals surface area contributed by atoms with Crippen LogP contribution in [0.3, 0.4) is 0 Å². The average Bonchev–Trinajstić information content (AvgIpc) is 3.33. The molecule has 0 amide bonds. The van der Waals surface area contributed by atoms with E-state index in [9.17, 15) is 0 Å². The van der Waals surface area contributed by atoms with E-state index in [1.807, 2.05) is 0 Å². The van der Waals surface area contributed by atoms with Gasteiger partial charge in [0, 0.05) is 0 Å². The number of hydrogen-bond donors (Lipinski definition) is 0. The van der Waals surface area contributed by atoms with Crippen molar-refractivity contribution in [3.05, 3.63) is 76.7 Å². The Bertz CT molecular complexity index is 964. The van der Waals surface area contributed by atoms with Crippen LogP contribution in [0.25, 0.3) is 21.2 Å². The molecule has 0 N–H and O–H groups in total. The van der Waals surface area contributed by atoms with Crippen LogP contribution < -0.4 is 24.8 Å². The van der Waals surface area contributed by atoms with Crippen molar-refractivity contribution in [3.8, 4) is 10.4 Å². The van der Waals surface area contributed by atoms with Crippen LogP contribution in [0.5, 0.6) is 0 Å². The first-order chi connectivity index (χ1) is 12.8. The Hall–Kier alpha value is -0.310. The summed E-state index contributed by atoms with van der Waals surface area (Å²) in [5.41, 5.74) is 5.81. The Balaban J connectivity index is 0.000000458. The molecule has 0 saturated heterocycles. The van der Waals surface area contributed by atoms with Gasteiger partial charge in [0.15, 0.2) is 0 Å². The molecule has 0 fully saturated rings. The number of halogens is 2. The van der Waals surface area contributed by atoms with E-state index in [0.29, 0.717) is 5.92 Å². The number of fused-ring (bicyclic) bond motifs is 1. The zero-order valence-corrected chi connectivity index (χ0v) is 23.7. The van der Waals surface area contributed by atoms with E-state index in [-0.39, 0.29) is 30.2 Å². The van der Waals surface area contributed by atoms with E-state index in [0.717, 1.165) is 0 Å². The van der Waals surface area contributed by atoms with E-state index < -0.39 is 0 Å². The maximum atomic E-state index is 3.36. The first-order valence-electron chi connectivity index (χ1n) is 9.29. The minimum atomic E-state index is 0. The molecule has 0 radical (unpaired) electrons. The molecule has 1 aliphatic rings. The maximum Gasteiger partial charge on any atom is -0.00957 e. The fraction of sp³-hybridized carbons (Fsp3) is 0.292. The standard InChI is InChI=1S/C13H9S.C9H13.C2H6Si.2ClH.Zr/c1-2-5-11-10(4-1)7-8-12(11)13-6-3-9-14-13;1-6-5-7(2)9(4)8(6)3;1-3-2;;;/h1-9H;6H,1-4H3;1-2H3;2*1H;/q2*-1;;;;+2/p-2. The van der Waals surface area contributed by atoms with Gasteiger partial charge in [-0.3, -0.25) is 6.08 Å². The van der Waals surface area contributed by atoms with Gasteiger partial charge in [0.1, 0.15) is 0 Å². The molecule has 0 nitrogen and oxygen atoms in total. The Morgan fingerprint density at radius 1 is 1.03 bits per heavy atom. The molecule has 0 spiro atoms. The van der Waals surface area contributed by atoms with Crippen LogP contribution in [0.15, 0.2) is 70.6 Å². The van der Waals surface area contributed by atoms with Crippen LogP contribution in [0.4, 0.5) is 0 Å². The summed E-state index contributed by atoms with van der Waals surface area (Å²) >= 11 is 3.53. The van der Waals surface area contributed by atoms with Gasteiger partial charge in [0.2, 0.25) is 0 Å². The maximum absolute atomic E-state index is 3.36. The summed E-state index contributed by atoms with van der Waals surface area (Å²) in [7, 11) is 0. The molecule has 1 atom stereocenters. The minimum absolute atomic E-state index is 0. The Kier molecular flexibility index (Phi) is 13.7. The SMILES string of the molecule is CC1=[C-]C(C)C(C)=C1C.C[Si](C)=[Zr+2].[Cl-].[Cl-].c1csc(-c2c[cH-]c3ccccc23)c1. The van der Waals surface area contributed by atoms with Crippen molar-refractivity contribution in [1.82, 2.24) is 0 Å².